The molecule has 0 radical (unpaired) electrons. The molecule has 0 aromatic carbocycles. The van der Waals surface area contributed by atoms with Crippen LogP contribution in [0.15, 0.2) is 12.0 Å². The van der Waals surface area contributed by atoms with E-state index in [0.29, 0.717) is 18.3 Å². The van der Waals surface area contributed by atoms with E-state index in [2.05, 4.69) is 4.18 Å². The van der Waals surface area contributed by atoms with Crippen molar-refractivity contribution in [2.45, 2.75) is 0 Å². The van der Waals surface area contributed by atoms with Crippen LogP contribution in [-0.2, 0) is 8.98 Å². The van der Waals surface area contributed by atoms with Gasteiger partial charge in [-0.1, -0.05) is 0 Å². The molecule has 4 nitrogen and oxygen atoms in total. The lowest BCUT2D eigenvalue weighted by Crippen LogP contribution is -1.95. The Morgan fingerprint density at radius 1 is 1.78 bits per heavy atom. The van der Waals surface area contributed by atoms with Crippen molar-refractivity contribution in [2.75, 3.05) is 7.11 Å². The summed E-state index contributed by atoms with van der Waals surface area (Å²) in [4.78, 5) is 10.3. The van der Waals surface area contributed by atoms with Crippen molar-refractivity contribution in [3.05, 3.63) is 12.0 Å². The highest BCUT2D eigenvalue weighted by Crippen LogP contribution is 2.06. The number of hydrogen-bond donors (Lipinski definition) is 2. The van der Waals surface area contributed by atoms with E-state index in [9.17, 15) is 4.79 Å². The summed E-state index contributed by atoms with van der Waals surface area (Å²) >= 11 is 0.447. The highest BCUT2D eigenvalue weighted by molar-refractivity contribution is 8.10. The van der Waals surface area contributed by atoms with E-state index < -0.39 is 10.9 Å². The smallest absolute Gasteiger partial charge is 0.283 e. The standard InChI is InChI=1S/C4H6O4S/c1-8-9-4(7)3(6)2-5/h2,5-6H,1H3/b3-2-. The second kappa shape index (κ2) is 4.22. The summed E-state index contributed by atoms with van der Waals surface area (Å²) in [6, 6.07) is 0. The van der Waals surface area contributed by atoms with Crippen molar-refractivity contribution in [1.29, 1.82) is 0 Å². The van der Waals surface area contributed by atoms with E-state index in [0.717, 1.165) is 0 Å². The van der Waals surface area contributed by atoms with Gasteiger partial charge in [0, 0.05) is 0 Å². The molecule has 0 unspecified atom stereocenters. The molecular formula is C4H6O4S. The topological polar surface area (TPSA) is 66.8 Å². The molecule has 0 aromatic rings. The molecule has 0 aliphatic carbocycles. The Hall–Kier alpha value is -0.680. The first-order valence-electron chi connectivity index (χ1n) is 2.00. The molecule has 0 aliphatic heterocycles. The van der Waals surface area contributed by atoms with Gasteiger partial charge in [-0.3, -0.25) is 4.79 Å². The normalized spacial score (nSPS) is 11.4. The fourth-order valence-corrected chi connectivity index (χ4v) is 0.461. The number of carbonyl (C=O) groups excluding carboxylic acids is 1. The van der Waals surface area contributed by atoms with Crippen LogP contribution in [0.2, 0.25) is 0 Å². The van der Waals surface area contributed by atoms with Crippen molar-refractivity contribution in [2.24, 2.45) is 0 Å². The van der Waals surface area contributed by atoms with Crippen molar-refractivity contribution in [3.8, 4) is 0 Å². The number of hydrogen-bond acceptors (Lipinski definition) is 5. The van der Waals surface area contributed by atoms with Crippen molar-refractivity contribution in [3.63, 3.8) is 0 Å². The monoisotopic (exact) mass is 150 g/mol. The molecule has 0 aromatic heterocycles. The van der Waals surface area contributed by atoms with E-state index in [-0.39, 0.29) is 0 Å². The van der Waals surface area contributed by atoms with Gasteiger partial charge in [-0.25, -0.2) is 0 Å². The Morgan fingerprint density at radius 2 is 2.33 bits per heavy atom. The molecule has 0 saturated carbocycles. The molecule has 0 rings (SSSR count). The van der Waals surface area contributed by atoms with Gasteiger partial charge in [0.2, 0.25) is 5.76 Å². The van der Waals surface area contributed by atoms with Crippen LogP contribution in [0.25, 0.3) is 0 Å². The predicted octanol–water partition coefficient (Wildman–Crippen LogP) is 0.765. The Morgan fingerprint density at radius 3 is 2.67 bits per heavy atom. The van der Waals surface area contributed by atoms with Crippen molar-refractivity contribution >= 4 is 17.2 Å². The highest BCUT2D eigenvalue weighted by Gasteiger charge is 2.07. The number of rotatable bonds is 2. The molecule has 0 aliphatic rings. The summed E-state index contributed by atoms with van der Waals surface area (Å²) in [6.45, 7) is 0. The zero-order valence-corrected chi connectivity index (χ0v) is 5.51. The SMILES string of the molecule is COSC(=O)/C(O)=C/O. The summed E-state index contributed by atoms with van der Waals surface area (Å²) in [5.74, 6) is -0.721. The summed E-state index contributed by atoms with van der Waals surface area (Å²) in [5, 5.41) is 15.7. The van der Waals surface area contributed by atoms with Crippen LogP contribution in [0.4, 0.5) is 0 Å². The lowest BCUT2D eigenvalue weighted by Gasteiger charge is -1.91. The summed E-state index contributed by atoms with van der Waals surface area (Å²) < 4.78 is 4.28. The van der Waals surface area contributed by atoms with Crippen LogP contribution in [0, 0.1) is 0 Å². The quantitative estimate of drug-likeness (QED) is 0.345. The van der Waals surface area contributed by atoms with Gasteiger partial charge in [0.25, 0.3) is 5.12 Å². The minimum absolute atomic E-state index is 0.314. The van der Waals surface area contributed by atoms with Gasteiger partial charge in [-0.2, -0.15) is 0 Å². The fraction of sp³-hybridized carbons (Fsp3) is 0.250. The molecule has 0 fully saturated rings. The van der Waals surface area contributed by atoms with E-state index in [1.54, 1.807) is 0 Å². The molecule has 0 heterocycles. The van der Waals surface area contributed by atoms with Crippen LogP contribution < -0.4 is 0 Å². The largest absolute Gasteiger partial charge is 0.512 e. The van der Waals surface area contributed by atoms with Gasteiger partial charge in [0.05, 0.1) is 19.2 Å². The fourth-order valence-electron chi connectivity index (χ4n) is 0.171. The molecule has 5 heteroatoms. The molecule has 0 amide bonds. The van der Waals surface area contributed by atoms with Crippen LogP contribution in [0.1, 0.15) is 0 Å². The molecular weight excluding hydrogens is 144 g/mol. The third-order valence-electron chi connectivity index (χ3n) is 0.490. The molecule has 2 N–H and O–H groups in total. The lowest BCUT2D eigenvalue weighted by molar-refractivity contribution is -0.110. The van der Waals surface area contributed by atoms with E-state index in [1.165, 1.54) is 7.11 Å². The Labute approximate surface area is 56.3 Å². The van der Waals surface area contributed by atoms with Gasteiger partial charge in [0.15, 0.2) is 0 Å². The maximum absolute atomic E-state index is 10.3. The van der Waals surface area contributed by atoms with Gasteiger partial charge in [-0.15, -0.1) is 0 Å². The molecule has 0 atom stereocenters. The van der Waals surface area contributed by atoms with Gasteiger partial charge in [0.1, 0.15) is 6.26 Å². The zero-order valence-electron chi connectivity index (χ0n) is 4.70. The first kappa shape index (κ1) is 8.32. The maximum atomic E-state index is 10.3. The average Bonchev–Trinajstić information content (AvgIpc) is 1.87. The molecule has 9 heavy (non-hydrogen) atoms. The minimum atomic E-state index is -0.722. The second-order valence-corrected chi connectivity index (χ2v) is 1.92. The van der Waals surface area contributed by atoms with Crippen LogP contribution in [0.3, 0.4) is 0 Å². The minimum Gasteiger partial charge on any atom is -0.512 e. The Balaban J connectivity index is 3.74. The first-order valence-corrected chi connectivity index (χ1v) is 2.75. The van der Waals surface area contributed by atoms with Crippen LogP contribution >= 0.6 is 12.0 Å². The van der Waals surface area contributed by atoms with E-state index >= 15 is 0 Å². The Kier molecular flexibility index (Phi) is 3.90. The first-order chi connectivity index (χ1) is 4.22. The molecule has 0 bridgehead atoms. The highest BCUT2D eigenvalue weighted by atomic mass is 32.2. The van der Waals surface area contributed by atoms with Crippen molar-refractivity contribution in [1.82, 2.24) is 0 Å². The van der Waals surface area contributed by atoms with Gasteiger partial charge in [-0.05, 0) is 0 Å². The van der Waals surface area contributed by atoms with Gasteiger partial charge >= 0.3 is 0 Å². The van der Waals surface area contributed by atoms with Crippen molar-refractivity contribution < 1.29 is 19.2 Å². The summed E-state index contributed by atoms with van der Waals surface area (Å²) in [5.41, 5.74) is 0. The third kappa shape index (κ3) is 2.99. The number of aliphatic hydroxyl groups is 2. The van der Waals surface area contributed by atoms with Gasteiger partial charge < -0.3 is 14.4 Å². The van der Waals surface area contributed by atoms with Crippen LogP contribution in [0.5, 0.6) is 0 Å². The summed E-state index contributed by atoms with van der Waals surface area (Å²) in [7, 11) is 1.28. The summed E-state index contributed by atoms with van der Waals surface area (Å²) in [6.07, 6.45) is 0.314. The zero-order chi connectivity index (χ0) is 7.28. The number of aliphatic hydroxyl groups excluding tert-OH is 2. The average molecular weight is 150 g/mol. The van der Waals surface area contributed by atoms with E-state index in [4.69, 9.17) is 10.2 Å². The lowest BCUT2D eigenvalue weighted by atomic mass is 10.6. The molecule has 0 spiro atoms. The molecule has 52 valence electrons. The maximum Gasteiger partial charge on any atom is 0.283 e. The van der Waals surface area contributed by atoms with E-state index in [1.807, 2.05) is 0 Å². The molecule has 0 saturated heterocycles. The third-order valence-corrected chi connectivity index (χ3v) is 1.02. The second-order valence-electron chi connectivity index (χ2n) is 1.05. The predicted molar refractivity (Wildman–Crippen MR) is 32.9 cm³/mol. The number of carbonyl (C=O) groups is 1. The Bertz CT molecular complexity index is 131. The van der Waals surface area contributed by atoms with Crippen LogP contribution in [-0.4, -0.2) is 22.4 Å².